The van der Waals surface area contributed by atoms with Crippen LogP contribution in [0.3, 0.4) is 0 Å². The summed E-state index contributed by atoms with van der Waals surface area (Å²) in [6.45, 7) is 19.0. The van der Waals surface area contributed by atoms with Crippen molar-refractivity contribution in [2.24, 2.45) is 5.41 Å². The van der Waals surface area contributed by atoms with Crippen LogP contribution in [0, 0.1) is 16.7 Å². The number of H-pyrrole nitrogens is 1. The van der Waals surface area contributed by atoms with E-state index in [0.717, 1.165) is 0 Å². The molecule has 3 heterocycles. The van der Waals surface area contributed by atoms with Crippen molar-refractivity contribution in [1.82, 2.24) is 9.55 Å². The standard InChI is InChI=1S/C23H39N3O6Si2/c1-14(2)33(15(3)4)29-12-18-20(31-34(32-33,16(5)6)17(7)8)23(9,13-24)21(30-18)26-11-10-19(27)25-22(26)28/h10-11,14-18,20-21H,12H2,1-9H3,(H,25,27,28). The fourth-order valence-electron chi connectivity index (χ4n) is 5.44. The van der Waals surface area contributed by atoms with E-state index in [4.69, 9.17) is 17.7 Å². The second-order valence-corrected chi connectivity index (χ2v) is 19.8. The lowest BCUT2D eigenvalue weighted by atomic mass is 9.84. The molecule has 9 nitrogen and oxygen atoms in total. The third-order valence-electron chi connectivity index (χ3n) is 7.41. The Labute approximate surface area is 203 Å². The van der Waals surface area contributed by atoms with Gasteiger partial charge in [0, 0.05) is 12.3 Å². The van der Waals surface area contributed by atoms with Gasteiger partial charge in [0.1, 0.15) is 11.5 Å². The summed E-state index contributed by atoms with van der Waals surface area (Å²) in [4.78, 5) is 26.5. The molecule has 11 heteroatoms. The van der Waals surface area contributed by atoms with Gasteiger partial charge in [0.25, 0.3) is 5.56 Å². The molecule has 0 spiro atoms. The van der Waals surface area contributed by atoms with Crippen molar-refractivity contribution in [1.29, 1.82) is 5.26 Å². The first-order valence-electron chi connectivity index (χ1n) is 12.1. The van der Waals surface area contributed by atoms with Crippen molar-refractivity contribution >= 4 is 17.1 Å². The van der Waals surface area contributed by atoms with E-state index in [1.807, 2.05) is 0 Å². The third kappa shape index (κ3) is 4.18. The van der Waals surface area contributed by atoms with Crippen molar-refractivity contribution < 1.29 is 17.7 Å². The van der Waals surface area contributed by atoms with Gasteiger partial charge in [-0.05, 0) is 29.1 Å². The minimum atomic E-state index is -2.96. The molecule has 1 aromatic rings. The molecule has 0 bridgehead atoms. The highest BCUT2D eigenvalue weighted by molar-refractivity contribution is 6.84. The number of nitrogens with zero attached hydrogens (tertiary/aromatic N) is 2. The van der Waals surface area contributed by atoms with Crippen LogP contribution in [0.5, 0.6) is 0 Å². The normalized spacial score (nSPS) is 30.9. The first kappa shape index (κ1) is 27.0. The van der Waals surface area contributed by atoms with E-state index in [0.29, 0.717) is 0 Å². The molecular formula is C23H39N3O6Si2. The molecule has 0 radical (unpaired) electrons. The van der Waals surface area contributed by atoms with Gasteiger partial charge >= 0.3 is 22.8 Å². The number of rotatable bonds is 5. The Hall–Kier alpha value is -1.56. The van der Waals surface area contributed by atoms with Crippen LogP contribution in [0.15, 0.2) is 21.9 Å². The number of hydrogen-bond donors (Lipinski definition) is 1. The van der Waals surface area contributed by atoms with Crippen molar-refractivity contribution in [2.45, 2.75) is 103 Å². The molecule has 0 aliphatic carbocycles. The highest BCUT2D eigenvalue weighted by Crippen LogP contribution is 2.53. The third-order valence-corrected chi connectivity index (χ3v) is 17.6. The Morgan fingerprint density at radius 1 is 1.06 bits per heavy atom. The monoisotopic (exact) mass is 509 g/mol. The summed E-state index contributed by atoms with van der Waals surface area (Å²) in [6.07, 6.45) is -0.802. The molecule has 2 aliphatic heterocycles. The van der Waals surface area contributed by atoms with Crippen molar-refractivity contribution in [3.8, 4) is 6.07 Å². The first-order chi connectivity index (χ1) is 15.7. The van der Waals surface area contributed by atoms with Gasteiger partial charge in [0.15, 0.2) is 6.23 Å². The molecule has 34 heavy (non-hydrogen) atoms. The Kier molecular flexibility index (Phi) is 7.54. The molecule has 0 saturated carbocycles. The summed E-state index contributed by atoms with van der Waals surface area (Å²) in [5.41, 5.74) is -1.80. The molecule has 1 aromatic heterocycles. The number of nitrogens with one attached hydrogen (secondary N) is 1. The quantitative estimate of drug-likeness (QED) is 0.598. The molecule has 2 fully saturated rings. The van der Waals surface area contributed by atoms with Gasteiger partial charge in [0.05, 0.1) is 18.8 Å². The topological polar surface area (TPSA) is 116 Å². The van der Waals surface area contributed by atoms with Crippen LogP contribution in [-0.4, -0.2) is 45.5 Å². The molecule has 0 aromatic carbocycles. The van der Waals surface area contributed by atoms with Crippen molar-refractivity contribution in [3.63, 3.8) is 0 Å². The number of aromatic nitrogens is 2. The number of nitriles is 1. The predicted molar refractivity (Wildman–Crippen MR) is 133 cm³/mol. The van der Waals surface area contributed by atoms with Crippen LogP contribution in [0.2, 0.25) is 22.2 Å². The van der Waals surface area contributed by atoms with Crippen LogP contribution in [0.25, 0.3) is 0 Å². The van der Waals surface area contributed by atoms with E-state index in [-0.39, 0.29) is 28.8 Å². The van der Waals surface area contributed by atoms with Gasteiger partial charge in [-0.1, -0.05) is 55.4 Å². The molecule has 0 amide bonds. The van der Waals surface area contributed by atoms with E-state index in [9.17, 15) is 14.9 Å². The van der Waals surface area contributed by atoms with E-state index in [1.54, 1.807) is 6.92 Å². The molecule has 4 unspecified atom stereocenters. The zero-order chi connectivity index (χ0) is 25.6. The maximum atomic E-state index is 12.6. The molecule has 190 valence electrons. The van der Waals surface area contributed by atoms with Gasteiger partial charge in [-0.2, -0.15) is 5.26 Å². The zero-order valence-corrected chi connectivity index (χ0v) is 23.7. The molecular weight excluding hydrogens is 470 g/mol. The van der Waals surface area contributed by atoms with Gasteiger partial charge in [-0.25, -0.2) is 4.79 Å². The van der Waals surface area contributed by atoms with E-state index in [2.05, 4.69) is 66.4 Å². The Bertz CT molecular complexity index is 1030. The smallest absolute Gasteiger partial charge is 0.335 e. The fraction of sp³-hybridized carbons (Fsp3) is 0.783. The van der Waals surface area contributed by atoms with Gasteiger partial charge < -0.3 is 17.7 Å². The van der Waals surface area contributed by atoms with E-state index >= 15 is 0 Å². The molecule has 1 N–H and O–H groups in total. The Balaban J connectivity index is 2.19. The summed E-state index contributed by atoms with van der Waals surface area (Å²) in [7, 11) is -5.72. The summed E-state index contributed by atoms with van der Waals surface area (Å²) in [5.74, 6) is 0. The summed E-state index contributed by atoms with van der Waals surface area (Å²) in [5, 5.41) is 10.4. The summed E-state index contributed by atoms with van der Waals surface area (Å²) in [6, 6.07) is 3.63. The molecule has 2 saturated heterocycles. The summed E-state index contributed by atoms with van der Waals surface area (Å²) < 4.78 is 28.6. The van der Waals surface area contributed by atoms with Crippen molar-refractivity contribution in [2.75, 3.05) is 6.61 Å². The number of hydrogen-bond acceptors (Lipinski definition) is 7. The van der Waals surface area contributed by atoms with Crippen molar-refractivity contribution in [3.05, 3.63) is 33.1 Å². The SMILES string of the molecule is CC(C)[Si]1(C(C)C)OCC2OC(n3ccc(=O)[nH]c3=O)C(C)(C#N)C2O[Si](C(C)C)(C(C)C)O1. The zero-order valence-electron chi connectivity index (χ0n) is 21.7. The number of fused-ring (bicyclic) bond motifs is 1. The predicted octanol–water partition coefficient (Wildman–Crippen LogP) is 3.92. The molecule has 3 rings (SSSR count). The van der Waals surface area contributed by atoms with Crippen LogP contribution in [-0.2, 0) is 17.7 Å². The average molecular weight is 510 g/mol. The fourth-order valence-corrected chi connectivity index (χ4v) is 16.7. The average Bonchev–Trinajstić information content (AvgIpc) is 2.98. The maximum absolute atomic E-state index is 12.6. The molecule has 4 atom stereocenters. The van der Waals surface area contributed by atoms with Gasteiger partial charge in [-0.3, -0.25) is 14.3 Å². The second-order valence-electron chi connectivity index (χ2n) is 11.0. The minimum Gasteiger partial charge on any atom is -0.414 e. The lowest BCUT2D eigenvalue weighted by Gasteiger charge is -2.52. The molecule has 2 aliphatic rings. The Morgan fingerprint density at radius 2 is 1.62 bits per heavy atom. The van der Waals surface area contributed by atoms with Crippen LogP contribution in [0.4, 0.5) is 0 Å². The summed E-state index contributed by atoms with van der Waals surface area (Å²) >= 11 is 0. The minimum absolute atomic E-state index is 0.0945. The van der Waals surface area contributed by atoms with Gasteiger partial charge in [-0.15, -0.1) is 0 Å². The lowest BCUT2D eigenvalue weighted by molar-refractivity contribution is -0.0582. The van der Waals surface area contributed by atoms with E-state index in [1.165, 1.54) is 16.8 Å². The van der Waals surface area contributed by atoms with Crippen LogP contribution >= 0.6 is 0 Å². The van der Waals surface area contributed by atoms with Crippen LogP contribution in [0.1, 0.15) is 68.5 Å². The lowest BCUT2D eigenvalue weighted by Crippen LogP contribution is -2.66. The number of ether oxygens (including phenoxy) is 1. The van der Waals surface area contributed by atoms with E-state index < -0.39 is 52.2 Å². The highest BCUT2D eigenvalue weighted by Gasteiger charge is 2.65. The largest absolute Gasteiger partial charge is 0.414 e. The first-order valence-corrected chi connectivity index (χ1v) is 16.1. The Morgan fingerprint density at radius 3 is 2.09 bits per heavy atom. The maximum Gasteiger partial charge on any atom is 0.335 e. The van der Waals surface area contributed by atoms with Gasteiger partial charge in [0.2, 0.25) is 0 Å². The highest BCUT2D eigenvalue weighted by atomic mass is 28.5. The van der Waals surface area contributed by atoms with Crippen LogP contribution < -0.4 is 11.2 Å². The number of aromatic amines is 1. The second kappa shape index (κ2) is 9.48.